The van der Waals surface area contributed by atoms with E-state index in [1.54, 1.807) is 24.5 Å². The second-order valence-electron chi connectivity index (χ2n) is 8.10. The number of anilines is 1. The smallest absolute Gasteiger partial charge is 0.255 e. The third-order valence-corrected chi connectivity index (χ3v) is 5.93. The molecule has 8 nitrogen and oxygen atoms in total. The molecule has 0 aliphatic heterocycles. The highest BCUT2D eigenvalue weighted by molar-refractivity contribution is 6.31. The number of rotatable bonds is 5. The molecule has 0 fully saturated rings. The van der Waals surface area contributed by atoms with Crippen molar-refractivity contribution >= 4 is 45.3 Å². The van der Waals surface area contributed by atoms with Gasteiger partial charge in [-0.25, -0.2) is 4.98 Å². The van der Waals surface area contributed by atoms with Crippen LogP contribution in [0.3, 0.4) is 0 Å². The SMILES string of the molecule is Cc1nc(N)ccc1CNC(=O)c1cn(Cc2ccc3ncc(Cl)cc3c2)c2ccc(=O)[nH]c12. The van der Waals surface area contributed by atoms with Gasteiger partial charge in [-0.05, 0) is 48.4 Å². The van der Waals surface area contributed by atoms with E-state index >= 15 is 0 Å². The highest BCUT2D eigenvalue weighted by Gasteiger charge is 2.17. The summed E-state index contributed by atoms with van der Waals surface area (Å²) in [7, 11) is 0. The third-order valence-electron chi connectivity index (χ3n) is 5.73. The number of carbonyl (C=O) groups is 1. The van der Waals surface area contributed by atoms with E-state index < -0.39 is 0 Å². The number of pyridine rings is 3. The first-order chi connectivity index (χ1) is 16.4. The molecule has 0 radical (unpaired) electrons. The van der Waals surface area contributed by atoms with E-state index in [1.807, 2.05) is 41.8 Å². The highest BCUT2D eigenvalue weighted by atomic mass is 35.5. The van der Waals surface area contributed by atoms with Gasteiger partial charge in [0.25, 0.3) is 5.91 Å². The number of amides is 1. The van der Waals surface area contributed by atoms with E-state index in [2.05, 4.69) is 20.3 Å². The predicted octanol–water partition coefficient (Wildman–Crippen LogP) is 3.80. The number of H-pyrrole nitrogens is 1. The Balaban J connectivity index is 1.47. The zero-order valence-corrected chi connectivity index (χ0v) is 19.1. The number of aromatic amines is 1. The molecule has 9 heteroatoms. The Labute approximate surface area is 199 Å². The molecular formula is C25H21ClN6O2. The van der Waals surface area contributed by atoms with E-state index in [-0.39, 0.29) is 11.5 Å². The van der Waals surface area contributed by atoms with Gasteiger partial charge in [-0.2, -0.15) is 0 Å². The molecule has 0 unspecified atom stereocenters. The minimum Gasteiger partial charge on any atom is -0.384 e. The van der Waals surface area contributed by atoms with Crippen molar-refractivity contribution < 1.29 is 4.79 Å². The lowest BCUT2D eigenvalue weighted by Crippen LogP contribution is -2.23. The van der Waals surface area contributed by atoms with Crippen LogP contribution in [0.5, 0.6) is 0 Å². The molecule has 170 valence electrons. The van der Waals surface area contributed by atoms with Crippen LogP contribution in [0.4, 0.5) is 5.82 Å². The number of hydrogen-bond acceptors (Lipinski definition) is 5. The zero-order valence-electron chi connectivity index (χ0n) is 18.3. The van der Waals surface area contributed by atoms with Gasteiger partial charge in [-0.15, -0.1) is 0 Å². The average molecular weight is 473 g/mol. The van der Waals surface area contributed by atoms with Gasteiger partial charge in [0.05, 0.1) is 27.1 Å². The molecule has 1 amide bonds. The summed E-state index contributed by atoms with van der Waals surface area (Å²) < 4.78 is 1.94. The Bertz CT molecular complexity index is 1620. The molecule has 4 heterocycles. The number of nitrogens with two attached hydrogens (primary N) is 1. The number of nitrogens with one attached hydrogen (secondary N) is 2. The maximum Gasteiger partial charge on any atom is 0.255 e. The standard InChI is InChI=1S/C25H21ClN6O2/c1-14-16(3-6-22(27)30-14)10-29-25(34)19-13-32(21-5-7-23(33)31-24(19)21)12-15-2-4-20-17(8-15)9-18(26)11-28-20/h2-9,11,13H,10,12H2,1H3,(H2,27,30)(H,29,34)(H,31,33). The number of aryl methyl sites for hydroxylation is 1. The van der Waals surface area contributed by atoms with Crippen molar-refractivity contribution in [1.82, 2.24) is 24.8 Å². The summed E-state index contributed by atoms with van der Waals surface area (Å²) in [6.45, 7) is 2.63. The summed E-state index contributed by atoms with van der Waals surface area (Å²) in [4.78, 5) is 36.5. The molecule has 1 aromatic carbocycles. The van der Waals surface area contributed by atoms with E-state index in [9.17, 15) is 9.59 Å². The van der Waals surface area contributed by atoms with Gasteiger partial charge in [0, 0.05) is 42.6 Å². The fourth-order valence-electron chi connectivity index (χ4n) is 4.02. The van der Waals surface area contributed by atoms with E-state index in [1.165, 1.54) is 6.07 Å². The first kappa shape index (κ1) is 21.7. The molecule has 0 bridgehead atoms. The summed E-state index contributed by atoms with van der Waals surface area (Å²) in [5.41, 5.74) is 10.5. The number of nitrogens with zero attached hydrogens (tertiary/aromatic N) is 3. The largest absolute Gasteiger partial charge is 0.384 e. The average Bonchev–Trinajstić information content (AvgIpc) is 3.15. The maximum absolute atomic E-state index is 13.1. The Hall–Kier alpha value is -4.17. The van der Waals surface area contributed by atoms with E-state index in [4.69, 9.17) is 17.3 Å². The Kier molecular flexibility index (Phi) is 5.51. The van der Waals surface area contributed by atoms with Crippen molar-refractivity contribution in [3.63, 3.8) is 0 Å². The van der Waals surface area contributed by atoms with Crippen molar-refractivity contribution in [2.24, 2.45) is 0 Å². The van der Waals surface area contributed by atoms with Crippen LogP contribution in [0.2, 0.25) is 5.02 Å². The van der Waals surface area contributed by atoms with Gasteiger partial charge < -0.3 is 20.6 Å². The van der Waals surface area contributed by atoms with Gasteiger partial charge in [0.1, 0.15) is 5.82 Å². The molecule has 0 aliphatic carbocycles. The van der Waals surface area contributed by atoms with Gasteiger partial charge in [-0.1, -0.05) is 23.7 Å². The fraction of sp³-hybridized carbons (Fsp3) is 0.120. The number of hydrogen-bond donors (Lipinski definition) is 3. The predicted molar refractivity (Wildman–Crippen MR) is 133 cm³/mol. The van der Waals surface area contributed by atoms with Crippen LogP contribution < -0.4 is 16.6 Å². The number of benzene rings is 1. The Morgan fingerprint density at radius 1 is 1.18 bits per heavy atom. The highest BCUT2D eigenvalue weighted by Crippen LogP contribution is 2.23. The summed E-state index contributed by atoms with van der Waals surface area (Å²) in [6, 6.07) is 14.5. The van der Waals surface area contributed by atoms with Crippen molar-refractivity contribution in [2.75, 3.05) is 5.73 Å². The van der Waals surface area contributed by atoms with Crippen LogP contribution in [0.1, 0.15) is 27.2 Å². The minimum absolute atomic E-state index is 0.274. The fourth-order valence-corrected chi connectivity index (χ4v) is 4.19. The van der Waals surface area contributed by atoms with Gasteiger partial charge in [0.2, 0.25) is 5.56 Å². The number of fused-ring (bicyclic) bond motifs is 2. The quantitative estimate of drug-likeness (QED) is 0.359. The van der Waals surface area contributed by atoms with Gasteiger partial charge in [-0.3, -0.25) is 14.6 Å². The van der Waals surface area contributed by atoms with Crippen LogP contribution in [0, 0.1) is 6.92 Å². The summed E-state index contributed by atoms with van der Waals surface area (Å²) in [5.74, 6) is 0.135. The van der Waals surface area contributed by atoms with Crippen molar-refractivity contribution in [2.45, 2.75) is 20.0 Å². The normalized spacial score (nSPS) is 11.2. The van der Waals surface area contributed by atoms with Crippen molar-refractivity contribution in [1.29, 1.82) is 0 Å². The van der Waals surface area contributed by atoms with Crippen LogP contribution in [-0.2, 0) is 13.1 Å². The molecule has 5 aromatic rings. The molecule has 0 spiro atoms. The molecule has 0 saturated heterocycles. The molecular weight excluding hydrogens is 452 g/mol. The van der Waals surface area contributed by atoms with Crippen LogP contribution in [-0.4, -0.2) is 25.4 Å². The lowest BCUT2D eigenvalue weighted by Gasteiger charge is -2.08. The van der Waals surface area contributed by atoms with Crippen molar-refractivity contribution in [3.8, 4) is 0 Å². The number of nitrogen functional groups attached to an aromatic ring is 1. The van der Waals surface area contributed by atoms with E-state index in [0.29, 0.717) is 35.0 Å². The summed E-state index contributed by atoms with van der Waals surface area (Å²) in [5, 5.41) is 4.42. The maximum atomic E-state index is 13.1. The lowest BCUT2D eigenvalue weighted by atomic mass is 10.1. The van der Waals surface area contributed by atoms with Crippen LogP contribution >= 0.6 is 11.6 Å². The number of halogens is 1. The van der Waals surface area contributed by atoms with E-state index in [0.717, 1.165) is 33.2 Å². The third kappa shape index (κ3) is 4.23. The van der Waals surface area contributed by atoms with Gasteiger partial charge >= 0.3 is 0 Å². The molecule has 4 N–H and O–H groups in total. The van der Waals surface area contributed by atoms with Crippen LogP contribution in [0.15, 0.2) is 65.7 Å². The van der Waals surface area contributed by atoms with Crippen molar-refractivity contribution in [3.05, 3.63) is 98.7 Å². The molecule has 0 saturated carbocycles. The first-order valence-electron chi connectivity index (χ1n) is 10.6. The summed E-state index contributed by atoms with van der Waals surface area (Å²) in [6.07, 6.45) is 3.37. The monoisotopic (exact) mass is 472 g/mol. The molecule has 5 rings (SSSR count). The summed E-state index contributed by atoms with van der Waals surface area (Å²) >= 11 is 6.10. The molecule has 0 aliphatic rings. The number of carbonyl (C=O) groups excluding carboxylic acids is 1. The molecule has 0 atom stereocenters. The Morgan fingerprint density at radius 2 is 2.03 bits per heavy atom. The van der Waals surface area contributed by atoms with Gasteiger partial charge in [0.15, 0.2) is 0 Å². The minimum atomic E-state index is -0.295. The molecule has 34 heavy (non-hydrogen) atoms. The van der Waals surface area contributed by atoms with Crippen LogP contribution in [0.25, 0.3) is 21.9 Å². The molecule has 4 aromatic heterocycles. The Morgan fingerprint density at radius 3 is 2.85 bits per heavy atom. The number of aromatic nitrogens is 4. The second-order valence-corrected chi connectivity index (χ2v) is 8.53. The first-order valence-corrected chi connectivity index (χ1v) is 11.0. The lowest BCUT2D eigenvalue weighted by molar-refractivity contribution is 0.0952. The topological polar surface area (TPSA) is 119 Å². The second kappa shape index (κ2) is 8.64. The zero-order chi connectivity index (χ0) is 23.8.